The van der Waals surface area contributed by atoms with Crippen LogP contribution < -0.4 is 20.4 Å². The first-order valence-electron chi connectivity index (χ1n) is 11.3. The number of piperazine rings is 1. The molecule has 11 heteroatoms. The average molecular weight is 484 g/mol. The molecule has 5 rings (SSSR count). The molecule has 178 valence electrons. The van der Waals surface area contributed by atoms with Gasteiger partial charge in [-0.1, -0.05) is 23.5 Å². The van der Waals surface area contributed by atoms with Crippen LogP contribution in [-0.4, -0.2) is 58.8 Å². The quantitative estimate of drug-likeness (QED) is 0.487. The van der Waals surface area contributed by atoms with E-state index in [1.165, 1.54) is 12.1 Å². The fraction of sp³-hybridized carbons (Fsp3) is 0.391. The number of halogens is 1. The standard InChI is InChI=1S/C23H26FN7O2S/c1-14-18(21(32)33)34-23(26-14)29-22-27-19(30-11-8-25-9-12-30)17-3-2-10-31(20(17)28-22)13-15-4-6-16(24)7-5-15/h4-7,25H,2-3,8-13H2,1H3,(H,32,33)(H,26,27,28,29). The summed E-state index contributed by atoms with van der Waals surface area (Å²) in [4.78, 5) is 30.2. The number of rotatable bonds is 6. The molecule has 0 spiro atoms. The van der Waals surface area contributed by atoms with Crippen molar-refractivity contribution in [3.8, 4) is 0 Å². The Morgan fingerprint density at radius 1 is 1.15 bits per heavy atom. The molecule has 0 radical (unpaired) electrons. The summed E-state index contributed by atoms with van der Waals surface area (Å²) in [5.41, 5.74) is 2.58. The number of carboxylic acids is 1. The number of aromatic carboxylic acids is 1. The maximum atomic E-state index is 13.4. The van der Waals surface area contributed by atoms with Gasteiger partial charge >= 0.3 is 5.97 Å². The van der Waals surface area contributed by atoms with Crippen LogP contribution in [0.1, 0.15) is 32.9 Å². The first-order chi connectivity index (χ1) is 16.5. The number of fused-ring (bicyclic) bond motifs is 1. The monoisotopic (exact) mass is 483 g/mol. The number of anilines is 4. The Balaban J connectivity index is 1.52. The van der Waals surface area contributed by atoms with Gasteiger partial charge in [0.2, 0.25) is 5.95 Å². The lowest BCUT2D eigenvalue weighted by atomic mass is 10.0. The molecule has 0 amide bonds. The molecular formula is C23H26FN7O2S. The van der Waals surface area contributed by atoms with E-state index in [2.05, 4.69) is 25.4 Å². The van der Waals surface area contributed by atoms with Crippen molar-refractivity contribution in [2.75, 3.05) is 47.8 Å². The minimum absolute atomic E-state index is 0.195. The first-order valence-corrected chi connectivity index (χ1v) is 12.1. The maximum Gasteiger partial charge on any atom is 0.347 e. The highest BCUT2D eigenvalue weighted by atomic mass is 32.1. The smallest absolute Gasteiger partial charge is 0.347 e. The number of aromatic nitrogens is 3. The van der Waals surface area contributed by atoms with Crippen molar-refractivity contribution >= 4 is 40.0 Å². The van der Waals surface area contributed by atoms with E-state index in [4.69, 9.17) is 9.97 Å². The highest BCUT2D eigenvalue weighted by molar-refractivity contribution is 7.17. The number of nitrogens with zero attached hydrogens (tertiary/aromatic N) is 5. The largest absolute Gasteiger partial charge is 0.477 e. The third-order valence-corrected chi connectivity index (χ3v) is 7.09. The van der Waals surface area contributed by atoms with Crippen LogP contribution in [0.4, 0.5) is 27.1 Å². The molecule has 0 bridgehead atoms. The van der Waals surface area contributed by atoms with Crippen molar-refractivity contribution in [3.05, 3.63) is 51.8 Å². The summed E-state index contributed by atoms with van der Waals surface area (Å²) in [5, 5.41) is 16.3. The topological polar surface area (TPSA) is 107 Å². The number of aryl methyl sites for hydroxylation is 1. The van der Waals surface area contributed by atoms with E-state index in [0.717, 1.165) is 79.7 Å². The third kappa shape index (κ3) is 4.66. The Bertz CT molecular complexity index is 1190. The predicted molar refractivity (Wildman–Crippen MR) is 130 cm³/mol. The fourth-order valence-electron chi connectivity index (χ4n) is 4.40. The third-order valence-electron chi connectivity index (χ3n) is 6.03. The minimum Gasteiger partial charge on any atom is -0.477 e. The van der Waals surface area contributed by atoms with Crippen molar-refractivity contribution in [1.82, 2.24) is 20.3 Å². The molecule has 4 heterocycles. The van der Waals surface area contributed by atoms with Gasteiger partial charge in [-0.05, 0) is 37.5 Å². The number of carboxylic acid groups (broad SMARTS) is 1. The molecule has 3 N–H and O–H groups in total. The van der Waals surface area contributed by atoms with Crippen molar-refractivity contribution < 1.29 is 14.3 Å². The summed E-state index contributed by atoms with van der Waals surface area (Å²) < 4.78 is 13.4. The van der Waals surface area contributed by atoms with Crippen LogP contribution in [-0.2, 0) is 13.0 Å². The van der Waals surface area contributed by atoms with E-state index in [1.807, 2.05) is 0 Å². The Hall–Kier alpha value is -3.31. The summed E-state index contributed by atoms with van der Waals surface area (Å²) in [5.74, 6) is 0.903. The van der Waals surface area contributed by atoms with Gasteiger partial charge in [0.1, 0.15) is 22.3 Å². The molecule has 3 aromatic rings. The highest BCUT2D eigenvalue weighted by Gasteiger charge is 2.27. The summed E-state index contributed by atoms with van der Waals surface area (Å²) in [6, 6.07) is 6.55. The van der Waals surface area contributed by atoms with Crippen molar-refractivity contribution in [2.45, 2.75) is 26.3 Å². The average Bonchev–Trinajstić information content (AvgIpc) is 3.21. The molecule has 0 unspecified atom stereocenters. The van der Waals surface area contributed by atoms with Crippen LogP contribution in [0.25, 0.3) is 0 Å². The van der Waals surface area contributed by atoms with Crippen LogP contribution in [0.3, 0.4) is 0 Å². The van der Waals surface area contributed by atoms with Gasteiger partial charge < -0.3 is 20.2 Å². The number of thiazole rings is 1. The van der Waals surface area contributed by atoms with E-state index in [-0.39, 0.29) is 10.7 Å². The van der Waals surface area contributed by atoms with E-state index in [0.29, 0.717) is 23.3 Å². The number of nitrogens with one attached hydrogen (secondary N) is 2. The second kappa shape index (κ2) is 9.51. The van der Waals surface area contributed by atoms with Gasteiger partial charge in [-0.25, -0.2) is 14.2 Å². The van der Waals surface area contributed by atoms with Gasteiger partial charge in [0.05, 0.1) is 5.69 Å². The number of carbonyl (C=O) groups is 1. The zero-order chi connectivity index (χ0) is 23.7. The number of hydrogen-bond donors (Lipinski definition) is 3. The normalized spacial score (nSPS) is 15.8. The molecule has 0 aliphatic carbocycles. The SMILES string of the molecule is Cc1nc(Nc2nc(N3CCNCC3)c3c(n2)N(Cc2ccc(F)cc2)CCC3)sc1C(=O)O. The predicted octanol–water partition coefficient (Wildman–Crippen LogP) is 3.18. The van der Waals surface area contributed by atoms with Crippen molar-refractivity contribution in [1.29, 1.82) is 0 Å². The summed E-state index contributed by atoms with van der Waals surface area (Å²) in [6.07, 6.45) is 1.87. The van der Waals surface area contributed by atoms with E-state index in [9.17, 15) is 14.3 Å². The molecule has 0 atom stereocenters. The molecular weight excluding hydrogens is 457 g/mol. The molecule has 2 aromatic heterocycles. The van der Waals surface area contributed by atoms with Gasteiger partial charge in [-0.2, -0.15) is 9.97 Å². The molecule has 2 aliphatic rings. The lowest BCUT2D eigenvalue weighted by Gasteiger charge is -2.35. The van der Waals surface area contributed by atoms with Gasteiger partial charge in [0.15, 0.2) is 5.13 Å². The van der Waals surface area contributed by atoms with Gasteiger partial charge in [0, 0.05) is 44.8 Å². The molecule has 0 saturated carbocycles. The van der Waals surface area contributed by atoms with E-state index < -0.39 is 5.97 Å². The Morgan fingerprint density at radius 2 is 1.88 bits per heavy atom. The van der Waals surface area contributed by atoms with Crippen molar-refractivity contribution in [3.63, 3.8) is 0 Å². The van der Waals surface area contributed by atoms with E-state index in [1.54, 1.807) is 19.1 Å². The van der Waals surface area contributed by atoms with Gasteiger partial charge in [-0.3, -0.25) is 5.32 Å². The Labute approximate surface area is 200 Å². The number of benzene rings is 1. The van der Waals surface area contributed by atoms with Crippen LogP contribution in [0.15, 0.2) is 24.3 Å². The Kier molecular flexibility index (Phi) is 6.29. The summed E-state index contributed by atoms with van der Waals surface area (Å²) in [6.45, 7) is 6.59. The second-order valence-corrected chi connectivity index (χ2v) is 9.42. The number of hydrogen-bond acceptors (Lipinski definition) is 9. The summed E-state index contributed by atoms with van der Waals surface area (Å²) >= 11 is 1.07. The molecule has 9 nitrogen and oxygen atoms in total. The van der Waals surface area contributed by atoms with Gasteiger partial charge in [-0.15, -0.1) is 0 Å². The maximum absolute atomic E-state index is 13.4. The Morgan fingerprint density at radius 3 is 2.59 bits per heavy atom. The first kappa shape index (κ1) is 22.5. The van der Waals surface area contributed by atoms with Gasteiger partial charge in [0.25, 0.3) is 0 Å². The van der Waals surface area contributed by atoms with Crippen LogP contribution in [0, 0.1) is 12.7 Å². The lowest BCUT2D eigenvalue weighted by Crippen LogP contribution is -2.45. The molecule has 1 fully saturated rings. The van der Waals surface area contributed by atoms with Crippen molar-refractivity contribution in [2.24, 2.45) is 0 Å². The molecule has 1 saturated heterocycles. The van der Waals surface area contributed by atoms with E-state index >= 15 is 0 Å². The zero-order valence-corrected chi connectivity index (χ0v) is 19.7. The second-order valence-electron chi connectivity index (χ2n) is 8.43. The lowest BCUT2D eigenvalue weighted by molar-refractivity contribution is 0.0701. The van der Waals surface area contributed by atoms with Crippen LogP contribution in [0.5, 0.6) is 0 Å². The zero-order valence-electron chi connectivity index (χ0n) is 18.8. The molecule has 1 aromatic carbocycles. The fourth-order valence-corrected chi connectivity index (χ4v) is 5.20. The minimum atomic E-state index is -0.999. The highest BCUT2D eigenvalue weighted by Crippen LogP contribution is 2.35. The van der Waals surface area contributed by atoms with Crippen LogP contribution >= 0.6 is 11.3 Å². The summed E-state index contributed by atoms with van der Waals surface area (Å²) in [7, 11) is 0. The molecule has 2 aliphatic heterocycles. The van der Waals surface area contributed by atoms with Crippen LogP contribution in [0.2, 0.25) is 0 Å². The molecule has 34 heavy (non-hydrogen) atoms.